The topological polar surface area (TPSA) is 69.7 Å². The number of hydrogen-bond donors (Lipinski definition) is 1. The van der Waals surface area contributed by atoms with E-state index in [2.05, 4.69) is 5.32 Å². The van der Waals surface area contributed by atoms with Crippen molar-refractivity contribution in [3.05, 3.63) is 71.3 Å². The maximum absolute atomic E-state index is 13.6. The summed E-state index contributed by atoms with van der Waals surface area (Å²) in [7, 11) is 0. The SMILES string of the molecule is O=C(CN1C(=O)NC2(CCc3ccccc32)C1=O)N(Cc1ccccc1)CC(C1CC1)C1CC1. The van der Waals surface area contributed by atoms with Gasteiger partial charge in [-0.05, 0) is 73.0 Å². The Morgan fingerprint density at radius 1 is 1.00 bits per heavy atom. The molecule has 0 bridgehead atoms. The van der Waals surface area contributed by atoms with Crippen LogP contribution in [0.2, 0.25) is 0 Å². The highest BCUT2D eigenvalue weighted by molar-refractivity contribution is 6.09. The van der Waals surface area contributed by atoms with Crippen LogP contribution < -0.4 is 5.32 Å². The van der Waals surface area contributed by atoms with Gasteiger partial charge in [0.15, 0.2) is 0 Å². The summed E-state index contributed by atoms with van der Waals surface area (Å²) in [6.07, 6.45) is 6.30. The van der Waals surface area contributed by atoms with Gasteiger partial charge in [0.1, 0.15) is 12.1 Å². The largest absolute Gasteiger partial charge is 0.337 e. The van der Waals surface area contributed by atoms with Crippen molar-refractivity contribution < 1.29 is 14.4 Å². The Morgan fingerprint density at radius 3 is 2.38 bits per heavy atom. The molecular formula is C28H31N3O3. The molecule has 1 atom stereocenters. The second-order valence-corrected chi connectivity index (χ2v) is 10.5. The van der Waals surface area contributed by atoms with Gasteiger partial charge in [0.2, 0.25) is 5.91 Å². The summed E-state index contributed by atoms with van der Waals surface area (Å²) in [5.41, 5.74) is 2.00. The molecule has 6 heteroatoms. The predicted molar refractivity (Wildman–Crippen MR) is 127 cm³/mol. The highest BCUT2D eigenvalue weighted by Gasteiger charge is 2.55. The van der Waals surface area contributed by atoms with Crippen LogP contribution in [0.5, 0.6) is 0 Å². The number of hydrogen-bond acceptors (Lipinski definition) is 3. The Hall–Kier alpha value is -3.15. The molecule has 3 aliphatic carbocycles. The van der Waals surface area contributed by atoms with Crippen LogP contribution in [-0.2, 0) is 28.1 Å². The third-order valence-electron chi connectivity index (χ3n) is 8.17. The molecule has 1 spiro atoms. The zero-order valence-corrected chi connectivity index (χ0v) is 19.4. The van der Waals surface area contributed by atoms with Gasteiger partial charge in [-0.1, -0.05) is 54.6 Å². The number of benzene rings is 2. The first kappa shape index (κ1) is 21.4. The molecule has 0 aromatic heterocycles. The zero-order chi connectivity index (χ0) is 23.3. The Kier molecular flexibility index (Phi) is 5.19. The molecule has 1 unspecified atom stereocenters. The minimum atomic E-state index is -1.03. The van der Waals surface area contributed by atoms with Crippen molar-refractivity contribution in [2.24, 2.45) is 17.8 Å². The summed E-state index contributed by atoms with van der Waals surface area (Å²) in [6, 6.07) is 17.3. The molecule has 2 aromatic carbocycles. The Morgan fingerprint density at radius 2 is 1.68 bits per heavy atom. The maximum Gasteiger partial charge on any atom is 0.325 e. The number of carbonyl (C=O) groups is 3. The highest BCUT2D eigenvalue weighted by Crippen LogP contribution is 2.49. The third kappa shape index (κ3) is 3.79. The lowest BCUT2D eigenvalue weighted by Gasteiger charge is -2.29. The van der Waals surface area contributed by atoms with E-state index in [9.17, 15) is 14.4 Å². The molecule has 6 nitrogen and oxygen atoms in total. The second-order valence-electron chi connectivity index (χ2n) is 10.5. The van der Waals surface area contributed by atoms with Crippen LogP contribution in [0.1, 0.15) is 48.8 Å². The van der Waals surface area contributed by atoms with Crippen molar-refractivity contribution in [1.29, 1.82) is 0 Å². The average Bonchev–Trinajstić information content (AvgIpc) is 3.78. The van der Waals surface area contributed by atoms with Gasteiger partial charge in [-0.2, -0.15) is 0 Å². The molecule has 3 fully saturated rings. The fourth-order valence-corrected chi connectivity index (χ4v) is 6.01. The van der Waals surface area contributed by atoms with E-state index in [1.165, 1.54) is 25.7 Å². The number of rotatable bonds is 8. The Balaban J connectivity index is 1.22. The van der Waals surface area contributed by atoms with Crippen molar-refractivity contribution >= 4 is 17.8 Å². The molecule has 1 saturated heterocycles. The summed E-state index contributed by atoms with van der Waals surface area (Å²) in [5, 5.41) is 2.94. The Labute approximate surface area is 200 Å². The number of fused-ring (bicyclic) bond motifs is 2. The molecule has 1 N–H and O–H groups in total. The molecule has 2 aromatic rings. The zero-order valence-electron chi connectivity index (χ0n) is 19.4. The van der Waals surface area contributed by atoms with Gasteiger partial charge in [-0.3, -0.25) is 14.5 Å². The van der Waals surface area contributed by atoms with Crippen molar-refractivity contribution in [2.75, 3.05) is 13.1 Å². The molecule has 2 saturated carbocycles. The summed E-state index contributed by atoms with van der Waals surface area (Å²) < 4.78 is 0. The van der Waals surface area contributed by atoms with Crippen LogP contribution in [0.25, 0.3) is 0 Å². The van der Waals surface area contributed by atoms with Gasteiger partial charge >= 0.3 is 6.03 Å². The number of nitrogens with one attached hydrogen (secondary N) is 1. The number of aryl methyl sites for hydroxylation is 1. The highest BCUT2D eigenvalue weighted by atomic mass is 16.2. The first-order chi connectivity index (χ1) is 16.5. The first-order valence-electron chi connectivity index (χ1n) is 12.6. The van der Waals surface area contributed by atoms with Crippen molar-refractivity contribution in [3.63, 3.8) is 0 Å². The van der Waals surface area contributed by atoms with Gasteiger partial charge in [-0.25, -0.2) is 4.79 Å². The molecule has 6 rings (SSSR count). The maximum atomic E-state index is 13.6. The average molecular weight is 458 g/mol. The molecule has 4 aliphatic rings. The molecule has 1 aliphatic heterocycles. The third-order valence-corrected chi connectivity index (χ3v) is 8.17. The minimum Gasteiger partial charge on any atom is -0.337 e. The Bertz CT molecular complexity index is 1110. The van der Waals surface area contributed by atoms with Crippen molar-refractivity contribution in [1.82, 2.24) is 15.1 Å². The number of nitrogens with zero attached hydrogens (tertiary/aromatic N) is 2. The fourth-order valence-electron chi connectivity index (χ4n) is 6.01. The van der Waals surface area contributed by atoms with E-state index in [1.54, 1.807) is 0 Å². The van der Waals surface area contributed by atoms with Crippen LogP contribution in [-0.4, -0.2) is 40.7 Å². The van der Waals surface area contributed by atoms with Crippen LogP contribution in [0.4, 0.5) is 4.79 Å². The lowest BCUT2D eigenvalue weighted by Crippen LogP contribution is -2.46. The predicted octanol–water partition coefficient (Wildman–Crippen LogP) is 3.84. The quantitative estimate of drug-likeness (QED) is 0.613. The minimum absolute atomic E-state index is 0.151. The first-order valence-corrected chi connectivity index (χ1v) is 12.6. The van der Waals surface area contributed by atoms with E-state index >= 15 is 0 Å². The molecular weight excluding hydrogens is 426 g/mol. The van der Waals surface area contributed by atoms with Gasteiger partial charge in [0, 0.05) is 13.1 Å². The lowest BCUT2D eigenvalue weighted by atomic mass is 9.92. The standard InChI is InChI=1S/C28H31N3O3/c32-25(18-31-26(33)28(29-27(31)34)15-14-22-8-4-5-9-24(22)28)30(16-19-6-2-1-3-7-19)17-23(20-10-11-20)21-12-13-21/h1-9,20-21,23H,10-18H2,(H,29,34). The molecule has 4 amide bonds. The van der Waals surface area contributed by atoms with E-state index in [1.807, 2.05) is 59.5 Å². The number of urea groups is 1. The summed E-state index contributed by atoms with van der Waals surface area (Å²) in [5.74, 6) is 1.52. The molecule has 34 heavy (non-hydrogen) atoms. The van der Waals surface area contributed by atoms with Gasteiger partial charge < -0.3 is 10.2 Å². The van der Waals surface area contributed by atoms with Gasteiger partial charge in [0.25, 0.3) is 5.91 Å². The number of imide groups is 1. The summed E-state index contributed by atoms with van der Waals surface area (Å²) in [6.45, 7) is 1.01. The van der Waals surface area contributed by atoms with Gasteiger partial charge in [-0.15, -0.1) is 0 Å². The van der Waals surface area contributed by atoms with E-state index < -0.39 is 11.6 Å². The lowest BCUT2D eigenvalue weighted by molar-refractivity contribution is -0.140. The summed E-state index contributed by atoms with van der Waals surface area (Å²) in [4.78, 5) is 43.2. The van der Waals surface area contributed by atoms with Crippen molar-refractivity contribution in [2.45, 2.75) is 50.6 Å². The second kappa shape index (κ2) is 8.26. The van der Waals surface area contributed by atoms with Crippen LogP contribution in [0.3, 0.4) is 0 Å². The van der Waals surface area contributed by atoms with Crippen LogP contribution >= 0.6 is 0 Å². The number of carbonyl (C=O) groups excluding carboxylic acids is 3. The molecule has 1 heterocycles. The monoisotopic (exact) mass is 457 g/mol. The number of amides is 4. The summed E-state index contributed by atoms with van der Waals surface area (Å²) >= 11 is 0. The normalized spacial score (nSPS) is 23.5. The van der Waals surface area contributed by atoms with E-state index in [0.717, 1.165) is 28.0 Å². The van der Waals surface area contributed by atoms with Crippen molar-refractivity contribution in [3.8, 4) is 0 Å². The fraction of sp³-hybridized carbons (Fsp3) is 0.464. The van der Waals surface area contributed by atoms with Crippen LogP contribution in [0.15, 0.2) is 54.6 Å². The van der Waals surface area contributed by atoms with E-state index in [0.29, 0.717) is 37.3 Å². The smallest absolute Gasteiger partial charge is 0.325 e. The molecule has 0 radical (unpaired) electrons. The van der Waals surface area contributed by atoms with Gasteiger partial charge in [0.05, 0.1) is 0 Å². The van der Waals surface area contributed by atoms with E-state index in [4.69, 9.17) is 0 Å². The van der Waals surface area contributed by atoms with E-state index in [-0.39, 0.29) is 18.4 Å². The molecule has 176 valence electrons. The van der Waals surface area contributed by atoms with Crippen LogP contribution in [0, 0.1) is 17.8 Å².